The quantitative estimate of drug-likeness (QED) is 0.297. The van der Waals surface area contributed by atoms with Crippen molar-refractivity contribution in [1.29, 1.82) is 0 Å². The Hall–Kier alpha value is -2.81. The molecule has 0 aliphatic carbocycles. The molecule has 158 valence electrons. The van der Waals surface area contributed by atoms with E-state index < -0.39 is 17.5 Å². The number of rotatable bonds is 13. The fraction of sp³-hybridized carbons (Fsp3) is 0.381. The molecule has 0 aromatic heterocycles. The minimum atomic E-state index is -0.647. The maximum Gasteiger partial charge on any atom is 0.338 e. The highest BCUT2D eigenvalue weighted by Gasteiger charge is 2.15. The second kappa shape index (κ2) is 12.6. The predicted octanol–water partition coefficient (Wildman–Crippen LogP) is 2.51. The van der Waals surface area contributed by atoms with Crippen molar-refractivity contribution in [3.63, 3.8) is 0 Å². The van der Waals surface area contributed by atoms with E-state index in [2.05, 4.69) is 4.74 Å². The highest BCUT2D eigenvalue weighted by Crippen LogP contribution is 2.36. The Kier molecular flexibility index (Phi) is 9.77. The lowest BCUT2D eigenvalue weighted by Gasteiger charge is -2.11. The molecule has 0 radical (unpaired) electrons. The lowest BCUT2D eigenvalue weighted by atomic mass is 10.2. The van der Waals surface area contributed by atoms with Crippen molar-refractivity contribution < 1.29 is 38.7 Å². The number of benzene rings is 2. The molecule has 0 unspecified atom stereocenters. The van der Waals surface area contributed by atoms with Crippen molar-refractivity contribution in [3.8, 4) is 17.2 Å². The van der Waals surface area contributed by atoms with Crippen molar-refractivity contribution in [2.75, 3.05) is 46.8 Å². The molecule has 2 aromatic carbocycles. The number of phenolic OH excluding ortho intramolecular Hbond substituents is 2. The van der Waals surface area contributed by atoms with E-state index in [0.717, 1.165) is 11.6 Å². The van der Waals surface area contributed by atoms with Crippen LogP contribution in [0.15, 0.2) is 42.5 Å². The molecule has 8 nitrogen and oxygen atoms in total. The van der Waals surface area contributed by atoms with Crippen LogP contribution in [0, 0.1) is 0 Å². The van der Waals surface area contributed by atoms with Crippen LogP contribution in [0.3, 0.4) is 0 Å². The molecule has 0 bridgehead atoms. The molecule has 0 spiro atoms. The molecule has 0 amide bonds. The van der Waals surface area contributed by atoms with Gasteiger partial charge in [-0.2, -0.15) is 0 Å². The molecule has 0 heterocycles. The van der Waals surface area contributed by atoms with Gasteiger partial charge < -0.3 is 33.9 Å². The molecular formula is C21H26O8. The van der Waals surface area contributed by atoms with E-state index in [1.165, 1.54) is 13.2 Å². The fourth-order valence-corrected chi connectivity index (χ4v) is 2.35. The van der Waals surface area contributed by atoms with E-state index in [0.29, 0.717) is 33.0 Å². The second-order valence-corrected chi connectivity index (χ2v) is 5.95. The predicted molar refractivity (Wildman–Crippen MR) is 104 cm³/mol. The summed E-state index contributed by atoms with van der Waals surface area (Å²) in [4.78, 5) is 11.5. The summed E-state index contributed by atoms with van der Waals surface area (Å²) in [5.74, 6) is -1.59. The molecule has 0 saturated heterocycles. The third-order valence-electron chi connectivity index (χ3n) is 3.82. The first-order chi connectivity index (χ1) is 14.1. The van der Waals surface area contributed by atoms with Crippen LogP contribution >= 0.6 is 0 Å². The van der Waals surface area contributed by atoms with Gasteiger partial charge in [0.2, 0.25) is 5.75 Å². The van der Waals surface area contributed by atoms with Crippen molar-refractivity contribution in [3.05, 3.63) is 53.6 Å². The Labute approximate surface area is 169 Å². The number of hydrogen-bond acceptors (Lipinski definition) is 8. The van der Waals surface area contributed by atoms with Crippen LogP contribution in [-0.4, -0.2) is 62.9 Å². The van der Waals surface area contributed by atoms with Gasteiger partial charge in [0.15, 0.2) is 11.5 Å². The highest BCUT2D eigenvalue weighted by molar-refractivity contribution is 5.91. The smallest absolute Gasteiger partial charge is 0.338 e. The number of methoxy groups -OCH3 is 1. The molecule has 2 rings (SSSR count). The molecule has 0 aliphatic heterocycles. The summed E-state index contributed by atoms with van der Waals surface area (Å²) in [6.07, 6.45) is 0. The van der Waals surface area contributed by atoms with Crippen molar-refractivity contribution in [2.45, 2.75) is 6.61 Å². The van der Waals surface area contributed by atoms with E-state index in [1.54, 1.807) is 0 Å². The first kappa shape index (κ1) is 22.5. The number of hydrogen-bond donors (Lipinski definition) is 2. The number of ether oxygens (including phenoxy) is 5. The van der Waals surface area contributed by atoms with Crippen molar-refractivity contribution in [2.24, 2.45) is 0 Å². The van der Waals surface area contributed by atoms with Gasteiger partial charge in [-0.25, -0.2) is 4.79 Å². The Bertz CT molecular complexity index is 748. The Morgan fingerprint density at radius 3 is 2.14 bits per heavy atom. The fourth-order valence-electron chi connectivity index (χ4n) is 2.35. The van der Waals surface area contributed by atoms with Crippen molar-refractivity contribution >= 4 is 5.97 Å². The average Bonchev–Trinajstić information content (AvgIpc) is 2.74. The summed E-state index contributed by atoms with van der Waals surface area (Å²) in [5.41, 5.74) is 1.19. The number of esters is 1. The third kappa shape index (κ3) is 7.98. The van der Waals surface area contributed by atoms with Crippen molar-refractivity contribution in [1.82, 2.24) is 0 Å². The normalized spacial score (nSPS) is 10.7. The SMILES string of the molecule is COC(=O)c1cc(O)c(O)c(OCCOCCOCCOCc2ccccc2)c1. The number of phenols is 2. The lowest BCUT2D eigenvalue weighted by molar-refractivity contribution is 0.00584. The summed E-state index contributed by atoms with van der Waals surface area (Å²) in [5, 5.41) is 19.4. The van der Waals surface area contributed by atoms with Crippen LogP contribution < -0.4 is 4.74 Å². The first-order valence-corrected chi connectivity index (χ1v) is 9.16. The largest absolute Gasteiger partial charge is 0.504 e. The summed E-state index contributed by atoms with van der Waals surface area (Å²) >= 11 is 0. The molecule has 0 aliphatic rings. The topological polar surface area (TPSA) is 104 Å². The maximum absolute atomic E-state index is 11.5. The minimum absolute atomic E-state index is 0.0270. The van der Waals surface area contributed by atoms with Crippen LogP contribution in [0.4, 0.5) is 0 Å². The number of carbonyl (C=O) groups excluding carboxylic acids is 1. The molecule has 29 heavy (non-hydrogen) atoms. The van der Waals surface area contributed by atoms with Gasteiger partial charge in [0.05, 0.1) is 52.3 Å². The van der Waals surface area contributed by atoms with Crippen LogP contribution in [0.2, 0.25) is 0 Å². The zero-order valence-corrected chi connectivity index (χ0v) is 16.3. The molecule has 0 saturated carbocycles. The molecule has 0 atom stereocenters. The number of aromatic hydroxyl groups is 2. The van der Waals surface area contributed by atoms with Gasteiger partial charge >= 0.3 is 5.97 Å². The van der Waals surface area contributed by atoms with Crippen LogP contribution in [-0.2, 0) is 25.6 Å². The maximum atomic E-state index is 11.5. The number of carbonyl (C=O) groups is 1. The van der Waals surface area contributed by atoms with E-state index >= 15 is 0 Å². The van der Waals surface area contributed by atoms with E-state index in [9.17, 15) is 15.0 Å². The van der Waals surface area contributed by atoms with Crippen LogP contribution in [0.25, 0.3) is 0 Å². The van der Waals surface area contributed by atoms with Crippen LogP contribution in [0.1, 0.15) is 15.9 Å². The molecule has 2 aromatic rings. The van der Waals surface area contributed by atoms with Gasteiger partial charge in [-0.1, -0.05) is 30.3 Å². The molecule has 8 heteroatoms. The zero-order valence-electron chi connectivity index (χ0n) is 16.3. The summed E-state index contributed by atoms with van der Waals surface area (Å²) < 4.78 is 26.2. The second-order valence-electron chi connectivity index (χ2n) is 5.95. The molecule has 2 N–H and O–H groups in total. The summed E-state index contributed by atoms with van der Waals surface area (Å²) in [6.45, 7) is 2.68. The third-order valence-corrected chi connectivity index (χ3v) is 3.82. The summed E-state index contributed by atoms with van der Waals surface area (Å²) in [6, 6.07) is 12.3. The van der Waals surface area contributed by atoms with Gasteiger partial charge in [0.1, 0.15) is 6.61 Å². The lowest BCUT2D eigenvalue weighted by Crippen LogP contribution is -2.13. The van der Waals surface area contributed by atoms with Gasteiger partial charge in [-0.05, 0) is 17.7 Å². The van der Waals surface area contributed by atoms with Gasteiger partial charge in [0.25, 0.3) is 0 Å². The molecular weight excluding hydrogens is 380 g/mol. The van der Waals surface area contributed by atoms with E-state index in [1.807, 2.05) is 30.3 Å². The average molecular weight is 406 g/mol. The Balaban J connectivity index is 1.53. The minimum Gasteiger partial charge on any atom is -0.504 e. The monoisotopic (exact) mass is 406 g/mol. The van der Waals surface area contributed by atoms with Crippen LogP contribution in [0.5, 0.6) is 17.2 Å². The van der Waals surface area contributed by atoms with Gasteiger partial charge in [-0.15, -0.1) is 0 Å². The Morgan fingerprint density at radius 2 is 1.48 bits per heavy atom. The zero-order chi connectivity index (χ0) is 20.9. The first-order valence-electron chi connectivity index (χ1n) is 9.16. The summed E-state index contributed by atoms with van der Waals surface area (Å²) in [7, 11) is 1.22. The van der Waals surface area contributed by atoms with Gasteiger partial charge in [0, 0.05) is 0 Å². The van der Waals surface area contributed by atoms with Gasteiger partial charge in [-0.3, -0.25) is 0 Å². The highest BCUT2D eigenvalue weighted by atomic mass is 16.6. The van der Waals surface area contributed by atoms with E-state index in [4.69, 9.17) is 18.9 Å². The molecule has 0 fully saturated rings. The standard InChI is InChI=1S/C21H26O8/c1-25-21(24)17-13-18(22)20(23)19(14-17)29-12-11-27-8-7-26-9-10-28-15-16-5-3-2-4-6-16/h2-6,13-14,22-23H,7-12,15H2,1H3. The Morgan fingerprint density at radius 1 is 0.862 bits per heavy atom. The van der Waals surface area contributed by atoms with E-state index in [-0.39, 0.29) is 24.5 Å².